The number of aryl methyl sites for hydroxylation is 1. The van der Waals surface area contributed by atoms with E-state index in [4.69, 9.17) is 5.26 Å². The van der Waals surface area contributed by atoms with Crippen molar-refractivity contribution in [2.45, 2.75) is 46.2 Å². The van der Waals surface area contributed by atoms with Crippen LogP contribution in [0.3, 0.4) is 0 Å². The third-order valence-corrected chi connectivity index (χ3v) is 2.96. The maximum absolute atomic E-state index is 8.91. The quantitative estimate of drug-likeness (QED) is 0.736. The summed E-state index contributed by atoms with van der Waals surface area (Å²) in [5, 5.41) is 12.1. The molecule has 0 aliphatic heterocycles. The van der Waals surface area contributed by atoms with Gasteiger partial charge in [0.2, 0.25) is 0 Å². The molecule has 0 saturated heterocycles. The minimum atomic E-state index is -0.173. The number of hydrogen-bond donors (Lipinski definition) is 1. The van der Waals surface area contributed by atoms with Gasteiger partial charge in [0, 0.05) is 25.5 Å². The molecular formula is C14H23N3. The molecule has 1 aromatic rings. The first kappa shape index (κ1) is 13.8. The Bertz CT molecular complexity index is 371. The predicted molar refractivity (Wildman–Crippen MR) is 70.4 cm³/mol. The second-order valence-electron chi connectivity index (χ2n) is 5.24. The minimum Gasteiger partial charge on any atom is -0.354 e. The van der Waals surface area contributed by atoms with Gasteiger partial charge in [0.25, 0.3) is 0 Å². The van der Waals surface area contributed by atoms with E-state index >= 15 is 0 Å². The largest absolute Gasteiger partial charge is 0.354 e. The highest BCUT2D eigenvalue weighted by Gasteiger charge is 2.15. The molecule has 0 spiro atoms. The molecule has 0 radical (unpaired) electrons. The SMILES string of the molecule is CNCc1ccn(CCCCC(C)(C)C#N)c1. The zero-order chi connectivity index (χ0) is 12.7. The van der Waals surface area contributed by atoms with Crippen LogP contribution in [0.25, 0.3) is 0 Å². The van der Waals surface area contributed by atoms with Crippen molar-refractivity contribution in [3.8, 4) is 6.07 Å². The van der Waals surface area contributed by atoms with Crippen LogP contribution in [-0.4, -0.2) is 11.6 Å². The van der Waals surface area contributed by atoms with Crippen molar-refractivity contribution in [1.29, 1.82) is 5.26 Å². The molecule has 3 nitrogen and oxygen atoms in total. The summed E-state index contributed by atoms with van der Waals surface area (Å²) < 4.78 is 2.23. The smallest absolute Gasteiger partial charge is 0.0683 e. The van der Waals surface area contributed by atoms with Crippen LogP contribution in [0.4, 0.5) is 0 Å². The number of aromatic nitrogens is 1. The highest BCUT2D eigenvalue weighted by Crippen LogP contribution is 2.21. The molecule has 0 atom stereocenters. The number of nitriles is 1. The molecule has 0 aliphatic carbocycles. The van der Waals surface area contributed by atoms with E-state index in [1.54, 1.807) is 0 Å². The summed E-state index contributed by atoms with van der Waals surface area (Å²) in [5.74, 6) is 0. The lowest BCUT2D eigenvalue weighted by Crippen LogP contribution is -2.08. The Balaban J connectivity index is 2.24. The van der Waals surface area contributed by atoms with E-state index in [0.717, 1.165) is 32.4 Å². The number of hydrogen-bond acceptors (Lipinski definition) is 2. The molecule has 0 fully saturated rings. The molecule has 0 aromatic carbocycles. The van der Waals surface area contributed by atoms with Gasteiger partial charge >= 0.3 is 0 Å². The number of nitrogens with zero attached hydrogens (tertiary/aromatic N) is 2. The Morgan fingerprint density at radius 2 is 2.18 bits per heavy atom. The second-order valence-corrected chi connectivity index (χ2v) is 5.24. The Morgan fingerprint density at radius 1 is 1.41 bits per heavy atom. The van der Waals surface area contributed by atoms with Gasteiger partial charge in [-0.25, -0.2) is 0 Å². The lowest BCUT2D eigenvalue weighted by Gasteiger charge is -2.14. The molecule has 94 valence electrons. The summed E-state index contributed by atoms with van der Waals surface area (Å²) in [6.07, 6.45) is 7.54. The van der Waals surface area contributed by atoms with Gasteiger partial charge < -0.3 is 9.88 Å². The highest BCUT2D eigenvalue weighted by atomic mass is 14.9. The summed E-state index contributed by atoms with van der Waals surface area (Å²) in [4.78, 5) is 0. The van der Waals surface area contributed by atoms with Gasteiger partial charge in [0.1, 0.15) is 0 Å². The third-order valence-electron chi connectivity index (χ3n) is 2.96. The van der Waals surface area contributed by atoms with Gasteiger partial charge in [-0.2, -0.15) is 5.26 Å². The second kappa shape index (κ2) is 6.46. The fourth-order valence-corrected chi connectivity index (χ4v) is 1.86. The monoisotopic (exact) mass is 233 g/mol. The number of unbranched alkanes of at least 4 members (excludes halogenated alkanes) is 1. The van der Waals surface area contributed by atoms with Crippen LogP contribution >= 0.6 is 0 Å². The molecule has 1 N–H and O–H groups in total. The van der Waals surface area contributed by atoms with Gasteiger partial charge in [-0.3, -0.25) is 0 Å². The highest BCUT2D eigenvalue weighted by molar-refractivity contribution is 5.09. The molecule has 1 rings (SSSR count). The number of rotatable bonds is 7. The summed E-state index contributed by atoms with van der Waals surface area (Å²) in [5.41, 5.74) is 1.15. The van der Waals surface area contributed by atoms with E-state index in [1.165, 1.54) is 5.56 Å². The summed E-state index contributed by atoms with van der Waals surface area (Å²) >= 11 is 0. The van der Waals surface area contributed by atoms with Gasteiger partial charge in [-0.15, -0.1) is 0 Å². The molecule has 0 aliphatic rings. The summed E-state index contributed by atoms with van der Waals surface area (Å²) in [6.45, 7) is 5.99. The average Bonchev–Trinajstić information content (AvgIpc) is 2.73. The van der Waals surface area contributed by atoms with Crippen LogP contribution in [0.1, 0.15) is 38.7 Å². The van der Waals surface area contributed by atoms with Crippen molar-refractivity contribution in [1.82, 2.24) is 9.88 Å². The normalized spacial score (nSPS) is 11.4. The predicted octanol–water partition coefficient (Wildman–Crippen LogP) is 2.93. The minimum absolute atomic E-state index is 0.173. The first-order valence-electron chi connectivity index (χ1n) is 6.28. The topological polar surface area (TPSA) is 40.8 Å². The maximum atomic E-state index is 8.91. The lowest BCUT2D eigenvalue weighted by molar-refractivity contribution is 0.417. The van der Waals surface area contributed by atoms with E-state index in [9.17, 15) is 0 Å². The molecule has 3 heteroatoms. The molecule has 0 bridgehead atoms. The van der Waals surface area contributed by atoms with Crippen LogP contribution in [-0.2, 0) is 13.1 Å². The van der Waals surface area contributed by atoms with Crippen molar-refractivity contribution in [2.24, 2.45) is 5.41 Å². The van der Waals surface area contributed by atoms with E-state index < -0.39 is 0 Å². The fraction of sp³-hybridized carbons (Fsp3) is 0.643. The Labute approximate surface area is 104 Å². The molecule has 1 heterocycles. The molecule has 0 unspecified atom stereocenters. The van der Waals surface area contributed by atoms with Gasteiger partial charge in [-0.05, 0) is 45.4 Å². The van der Waals surface area contributed by atoms with Gasteiger partial charge in [-0.1, -0.05) is 6.42 Å². The van der Waals surface area contributed by atoms with Crippen molar-refractivity contribution in [2.75, 3.05) is 7.05 Å². The van der Waals surface area contributed by atoms with E-state index in [0.29, 0.717) is 0 Å². The van der Waals surface area contributed by atoms with Crippen LogP contribution in [0.15, 0.2) is 18.5 Å². The van der Waals surface area contributed by atoms with Crippen LogP contribution in [0, 0.1) is 16.7 Å². The molecule has 0 saturated carbocycles. The van der Waals surface area contributed by atoms with E-state index in [-0.39, 0.29) is 5.41 Å². The zero-order valence-corrected chi connectivity index (χ0v) is 11.2. The Kier molecular flexibility index (Phi) is 5.24. The van der Waals surface area contributed by atoms with E-state index in [2.05, 4.69) is 34.4 Å². The van der Waals surface area contributed by atoms with E-state index in [1.807, 2.05) is 20.9 Å². The van der Waals surface area contributed by atoms with Crippen LogP contribution in [0.2, 0.25) is 0 Å². The van der Waals surface area contributed by atoms with Crippen molar-refractivity contribution in [3.63, 3.8) is 0 Å². The Hall–Kier alpha value is -1.27. The Morgan fingerprint density at radius 3 is 2.82 bits per heavy atom. The summed E-state index contributed by atoms with van der Waals surface area (Å²) in [6, 6.07) is 4.49. The first-order valence-corrected chi connectivity index (χ1v) is 6.28. The summed E-state index contributed by atoms with van der Waals surface area (Å²) in [7, 11) is 1.96. The third kappa shape index (κ3) is 5.06. The van der Waals surface area contributed by atoms with Gasteiger partial charge in [0.05, 0.1) is 11.5 Å². The standard InChI is InChI=1S/C14H23N3/c1-14(2,12-15)7-4-5-8-17-9-6-13(11-17)10-16-3/h6,9,11,16H,4-5,7-8,10H2,1-3H3. The molecule has 0 amide bonds. The van der Waals surface area contributed by atoms with Crippen molar-refractivity contribution < 1.29 is 0 Å². The van der Waals surface area contributed by atoms with Crippen LogP contribution < -0.4 is 5.32 Å². The number of nitrogens with one attached hydrogen (secondary N) is 1. The lowest BCUT2D eigenvalue weighted by atomic mass is 9.89. The average molecular weight is 233 g/mol. The maximum Gasteiger partial charge on any atom is 0.0683 e. The molecular weight excluding hydrogens is 210 g/mol. The van der Waals surface area contributed by atoms with Gasteiger partial charge in [0.15, 0.2) is 0 Å². The van der Waals surface area contributed by atoms with Crippen LogP contribution in [0.5, 0.6) is 0 Å². The zero-order valence-electron chi connectivity index (χ0n) is 11.2. The first-order chi connectivity index (χ1) is 8.07. The molecule has 1 aromatic heterocycles. The van der Waals surface area contributed by atoms with Crippen molar-refractivity contribution >= 4 is 0 Å². The fourth-order valence-electron chi connectivity index (χ4n) is 1.86. The van der Waals surface area contributed by atoms with Crippen molar-refractivity contribution in [3.05, 3.63) is 24.0 Å². The molecule has 17 heavy (non-hydrogen) atoms.